The fourth-order valence-corrected chi connectivity index (χ4v) is 4.19. The van der Waals surface area contributed by atoms with Gasteiger partial charge in [-0.3, -0.25) is 14.3 Å². The Kier molecular flexibility index (Phi) is 5.45. The van der Waals surface area contributed by atoms with Gasteiger partial charge in [0.2, 0.25) is 5.91 Å². The van der Waals surface area contributed by atoms with Crippen molar-refractivity contribution in [2.24, 2.45) is 0 Å². The molecule has 0 spiro atoms. The van der Waals surface area contributed by atoms with Crippen molar-refractivity contribution in [3.05, 3.63) is 35.1 Å². The molecular formula is C18H20ClN5O3S. The Morgan fingerprint density at radius 2 is 2.18 bits per heavy atom. The third kappa shape index (κ3) is 3.95. The number of aromatic nitrogens is 3. The lowest BCUT2D eigenvalue weighted by Crippen LogP contribution is -2.39. The highest BCUT2D eigenvalue weighted by atomic mass is 35.5. The Labute approximate surface area is 171 Å². The van der Waals surface area contributed by atoms with Gasteiger partial charge in [-0.25, -0.2) is 4.79 Å². The van der Waals surface area contributed by atoms with E-state index >= 15 is 0 Å². The van der Waals surface area contributed by atoms with Crippen molar-refractivity contribution < 1.29 is 14.3 Å². The van der Waals surface area contributed by atoms with Crippen LogP contribution in [-0.4, -0.2) is 49.9 Å². The van der Waals surface area contributed by atoms with Gasteiger partial charge in [0.05, 0.1) is 10.3 Å². The molecule has 1 saturated heterocycles. The maximum absolute atomic E-state index is 12.6. The summed E-state index contributed by atoms with van der Waals surface area (Å²) in [5.74, 6) is 1.06. The monoisotopic (exact) mass is 421 g/mol. The van der Waals surface area contributed by atoms with E-state index in [2.05, 4.69) is 15.5 Å². The molecule has 1 aliphatic heterocycles. The molecule has 0 bridgehead atoms. The zero-order chi connectivity index (χ0) is 19.7. The summed E-state index contributed by atoms with van der Waals surface area (Å²) in [6.45, 7) is 2.91. The predicted octanol–water partition coefficient (Wildman–Crippen LogP) is 2.88. The minimum atomic E-state index is -0.442. The highest BCUT2D eigenvalue weighted by Gasteiger charge is 2.34. The van der Waals surface area contributed by atoms with Crippen molar-refractivity contribution in [1.29, 1.82) is 0 Å². The highest BCUT2D eigenvalue weighted by Crippen LogP contribution is 2.40. The maximum Gasteiger partial charge on any atom is 0.324 e. The number of thioether (sulfide) groups is 1. The summed E-state index contributed by atoms with van der Waals surface area (Å²) < 4.78 is 7.85. The number of halogens is 1. The van der Waals surface area contributed by atoms with Gasteiger partial charge >= 0.3 is 6.03 Å². The van der Waals surface area contributed by atoms with Crippen molar-refractivity contribution in [3.63, 3.8) is 0 Å². The van der Waals surface area contributed by atoms with E-state index < -0.39 is 5.25 Å². The molecule has 4 rings (SSSR count). The Morgan fingerprint density at radius 3 is 2.86 bits per heavy atom. The first kappa shape index (κ1) is 19.1. The number of imide groups is 1. The molecule has 1 aromatic heterocycles. The third-order valence-corrected chi connectivity index (χ3v) is 5.95. The molecule has 2 aliphatic rings. The first-order valence-corrected chi connectivity index (χ1v) is 10.4. The molecule has 1 aromatic carbocycles. The summed E-state index contributed by atoms with van der Waals surface area (Å²) in [6.07, 6.45) is 2.09. The number of ether oxygens (including phenoxy) is 1. The lowest BCUT2D eigenvalue weighted by Gasteiger charge is -2.17. The van der Waals surface area contributed by atoms with Crippen molar-refractivity contribution in [1.82, 2.24) is 25.0 Å². The quantitative estimate of drug-likeness (QED) is 0.691. The molecule has 0 radical (unpaired) electrons. The van der Waals surface area contributed by atoms with Gasteiger partial charge in [0, 0.05) is 19.1 Å². The van der Waals surface area contributed by atoms with Crippen LogP contribution in [0, 0.1) is 0 Å². The average molecular weight is 422 g/mol. The lowest BCUT2D eigenvalue weighted by atomic mass is 10.3. The molecule has 8 nitrogen and oxygen atoms in total. The first-order chi connectivity index (χ1) is 13.5. The maximum atomic E-state index is 12.6. The minimum Gasteiger partial charge on any atom is -0.484 e. The molecule has 1 atom stereocenters. The summed E-state index contributed by atoms with van der Waals surface area (Å²) in [7, 11) is 0. The molecule has 0 unspecified atom stereocenters. The summed E-state index contributed by atoms with van der Waals surface area (Å²) in [5.41, 5.74) is 0. The van der Waals surface area contributed by atoms with Crippen molar-refractivity contribution in [2.75, 3.05) is 13.1 Å². The zero-order valence-electron chi connectivity index (χ0n) is 15.3. The normalized spacial score (nSPS) is 17.5. The average Bonchev–Trinajstić information content (AvgIpc) is 3.31. The van der Waals surface area contributed by atoms with Gasteiger partial charge in [0.1, 0.15) is 12.4 Å². The number of nitrogens with one attached hydrogen (secondary N) is 1. The predicted molar refractivity (Wildman–Crippen MR) is 105 cm³/mol. The summed E-state index contributed by atoms with van der Waals surface area (Å²) in [4.78, 5) is 25.5. The van der Waals surface area contributed by atoms with Gasteiger partial charge in [-0.05, 0) is 31.9 Å². The minimum absolute atomic E-state index is 0.223. The molecule has 2 heterocycles. The second-order valence-electron chi connectivity index (χ2n) is 6.70. The number of nitrogens with zero attached hydrogens (tertiary/aromatic N) is 4. The van der Waals surface area contributed by atoms with Crippen LogP contribution in [-0.2, 0) is 11.4 Å². The van der Waals surface area contributed by atoms with Gasteiger partial charge in [-0.1, -0.05) is 35.5 Å². The highest BCUT2D eigenvalue weighted by molar-refractivity contribution is 8.00. The lowest BCUT2D eigenvalue weighted by molar-refractivity contribution is -0.126. The molecule has 3 amide bonds. The van der Waals surface area contributed by atoms with Gasteiger partial charge in [0.15, 0.2) is 11.0 Å². The van der Waals surface area contributed by atoms with Gasteiger partial charge in [-0.2, -0.15) is 0 Å². The number of benzene rings is 1. The SMILES string of the molecule is C[C@@H](Sc1nnc(COc2ccccc2Cl)n1C1CC1)C(=O)N1CCNC1=O. The van der Waals surface area contributed by atoms with Crippen LogP contribution in [0.4, 0.5) is 4.79 Å². The number of para-hydroxylation sites is 1. The molecule has 1 saturated carbocycles. The third-order valence-electron chi connectivity index (χ3n) is 4.59. The van der Waals surface area contributed by atoms with E-state index in [1.807, 2.05) is 16.7 Å². The largest absolute Gasteiger partial charge is 0.484 e. The molecular weight excluding hydrogens is 402 g/mol. The van der Waals surface area contributed by atoms with Crippen molar-refractivity contribution in [3.8, 4) is 5.75 Å². The van der Waals surface area contributed by atoms with Crippen LogP contribution in [0.25, 0.3) is 0 Å². The smallest absolute Gasteiger partial charge is 0.324 e. The van der Waals surface area contributed by atoms with Gasteiger partial charge in [-0.15, -0.1) is 10.2 Å². The molecule has 2 aromatic rings. The van der Waals surface area contributed by atoms with E-state index in [1.54, 1.807) is 19.1 Å². The van der Waals surface area contributed by atoms with E-state index in [-0.39, 0.29) is 18.5 Å². The number of urea groups is 1. The van der Waals surface area contributed by atoms with Gasteiger partial charge < -0.3 is 10.1 Å². The Morgan fingerprint density at radius 1 is 1.39 bits per heavy atom. The van der Waals surface area contributed by atoms with Crippen LogP contribution >= 0.6 is 23.4 Å². The van der Waals surface area contributed by atoms with Crippen molar-refractivity contribution in [2.45, 2.75) is 42.8 Å². The fraction of sp³-hybridized carbons (Fsp3) is 0.444. The number of carbonyl (C=O) groups is 2. The summed E-state index contributed by atoms with van der Waals surface area (Å²) in [5, 5.41) is 11.9. The van der Waals surface area contributed by atoms with E-state index in [1.165, 1.54) is 16.7 Å². The number of carbonyl (C=O) groups excluding carboxylic acids is 2. The molecule has 28 heavy (non-hydrogen) atoms. The van der Waals surface area contributed by atoms with Crippen LogP contribution in [0.3, 0.4) is 0 Å². The summed E-state index contributed by atoms with van der Waals surface area (Å²) >= 11 is 7.46. The molecule has 1 N–H and O–H groups in total. The number of hydrogen-bond acceptors (Lipinski definition) is 6. The molecule has 2 fully saturated rings. The van der Waals surface area contributed by atoms with E-state index in [4.69, 9.17) is 16.3 Å². The summed E-state index contributed by atoms with van der Waals surface area (Å²) in [6, 6.07) is 7.25. The second-order valence-corrected chi connectivity index (χ2v) is 8.42. The number of rotatable bonds is 7. The van der Waals surface area contributed by atoms with Crippen LogP contribution in [0.1, 0.15) is 31.6 Å². The first-order valence-electron chi connectivity index (χ1n) is 9.11. The molecule has 148 valence electrons. The number of hydrogen-bond donors (Lipinski definition) is 1. The van der Waals surface area contributed by atoms with E-state index in [0.29, 0.717) is 40.9 Å². The van der Waals surface area contributed by atoms with Crippen LogP contribution in [0.5, 0.6) is 5.75 Å². The fourth-order valence-electron chi connectivity index (χ4n) is 3.00. The van der Waals surface area contributed by atoms with Crippen LogP contribution < -0.4 is 10.1 Å². The number of amides is 3. The topological polar surface area (TPSA) is 89.3 Å². The van der Waals surface area contributed by atoms with Gasteiger partial charge in [0.25, 0.3) is 0 Å². The Hall–Kier alpha value is -2.26. The molecule has 10 heteroatoms. The van der Waals surface area contributed by atoms with Crippen LogP contribution in [0.15, 0.2) is 29.4 Å². The Bertz CT molecular complexity index is 901. The van der Waals surface area contributed by atoms with E-state index in [0.717, 1.165) is 12.8 Å². The van der Waals surface area contributed by atoms with Crippen LogP contribution in [0.2, 0.25) is 5.02 Å². The van der Waals surface area contributed by atoms with Crippen molar-refractivity contribution >= 4 is 35.3 Å². The molecule has 1 aliphatic carbocycles. The zero-order valence-corrected chi connectivity index (χ0v) is 16.9. The Balaban J connectivity index is 1.47. The van der Waals surface area contributed by atoms with E-state index in [9.17, 15) is 9.59 Å². The standard InChI is InChI=1S/C18H20ClN5O3S/c1-11(16(25)23-9-8-20-17(23)26)28-18-22-21-15(24(18)12-6-7-12)10-27-14-5-3-2-4-13(14)19/h2-5,11-12H,6-10H2,1H3,(H,20,26)/t11-/m1/s1. The second kappa shape index (κ2) is 8.00.